The minimum Gasteiger partial charge on any atom is -0.316 e. The Hall–Kier alpha value is -0.0400. The van der Waals surface area contributed by atoms with E-state index < -0.39 is 0 Å². The van der Waals surface area contributed by atoms with Crippen molar-refractivity contribution in [3.63, 3.8) is 0 Å². The lowest BCUT2D eigenvalue weighted by atomic mass is 9.73. The molecule has 0 radical (unpaired) electrons. The Bertz CT molecular complexity index is 116. The van der Waals surface area contributed by atoms with Crippen LogP contribution in [0.5, 0.6) is 0 Å². The SMILES string of the molecule is CCCCNCC1CC(CCC)C1. The first-order valence-electron chi connectivity index (χ1n) is 6.07. The molecule has 1 heteroatoms. The Kier molecular flexibility index (Phi) is 5.45. The summed E-state index contributed by atoms with van der Waals surface area (Å²) in [6.45, 7) is 7.06. The van der Waals surface area contributed by atoms with Crippen LogP contribution in [-0.2, 0) is 0 Å². The van der Waals surface area contributed by atoms with Gasteiger partial charge in [-0.25, -0.2) is 0 Å². The van der Waals surface area contributed by atoms with Gasteiger partial charge in [0.2, 0.25) is 0 Å². The first kappa shape index (κ1) is 11.0. The van der Waals surface area contributed by atoms with Crippen LogP contribution in [0, 0.1) is 11.8 Å². The standard InChI is InChI=1S/C12H25N/c1-3-5-7-13-10-12-8-11(9-12)6-4-2/h11-13H,3-10H2,1-2H3. The van der Waals surface area contributed by atoms with Crippen molar-refractivity contribution in [3.8, 4) is 0 Å². The number of nitrogens with one attached hydrogen (secondary N) is 1. The van der Waals surface area contributed by atoms with Gasteiger partial charge in [0.15, 0.2) is 0 Å². The summed E-state index contributed by atoms with van der Waals surface area (Å²) in [7, 11) is 0. The van der Waals surface area contributed by atoms with E-state index in [1.54, 1.807) is 0 Å². The highest BCUT2D eigenvalue weighted by molar-refractivity contribution is 4.80. The molecule has 0 spiro atoms. The van der Waals surface area contributed by atoms with Crippen LogP contribution in [0.25, 0.3) is 0 Å². The van der Waals surface area contributed by atoms with Crippen molar-refractivity contribution >= 4 is 0 Å². The zero-order valence-electron chi connectivity index (χ0n) is 9.31. The minimum atomic E-state index is 1.01. The smallest absolute Gasteiger partial charge is 0.00203 e. The predicted molar refractivity (Wildman–Crippen MR) is 58.9 cm³/mol. The van der Waals surface area contributed by atoms with Crippen LogP contribution in [0.15, 0.2) is 0 Å². The van der Waals surface area contributed by atoms with Gasteiger partial charge in [0.25, 0.3) is 0 Å². The van der Waals surface area contributed by atoms with Gasteiger partial charge in [0, 0.05) is 0 Å². The molecule has 1 aliphatic rings. The van der Waals surface area contributed by atoms with Gasteiger partial charge in [-0.1, -0.05) is 33.1 Å². The summed E-state index contributed by atoms with van der Waals surface area (Å²) < 4.78 is 0. The highest BCUT2D eigenvalue weighted by atomic mass is 14.9. The molecule has 0 aromatic rings. The molecule has 0 saturated heterocycles. The molecule has 1 nitrogen and oxygen atoms in total. The van der Waals surface area contributed by atoms with E-state index in [2.05, 4.69) is 19.2 Å². The lowest BCUT2D eigenvalue weighted by Crippen LogP contribution is -2.33. The average Bonchev–Trinajstić information content (AvgIpc) is 2.07. The second-order valence-electron chi connectivity index (χ2n) is 4.55. The molecule has 0 aliphatic heterocycles. The topological polar surface area (TPSA) is 12.0 Å². The quantitative estimate of drug-likeness (QED) is 0.598. The van der Waals surface area contributed by atoms with Gasteiger partial charge in [-0.2, -0.15) is 0 Å². The van der Waals surface area contributed by atoms with Crippen LogP contribution < -0.4 is 5.32 Å². The highest BCUT2D eigenvalue weighted by Gasteiger charge is 2.27. The second kappa shape index (κ2) is 6.42. The average molecular weight is 183 g/mol. The van der Waals surface area contributed by atoms with Gasteiger partial charge in [0.1, 0.15) is 0 Å². The molecule has 13 heavy (non-hydrogen) atoms. The normalized spacial score (nSPS) is 27.2. The van der Waals surface area contributed by atoms with Crippen LogP contribution in [0.2, 0.25) is 0 Å². The van der Waals surface area contributed by atoms with Gasteiger partial charge in [0.05, 0.1) is 0 Å². The third kappa shape index (κ3) is 4.12. The molecule has 0 atom stereocenters. The van der Waals surface area contributed by atoms with E-state index in [1.807, 2.05) is 0 Å². The first-order valence-corrected chi connectivity index (χ1v) is 6.07. The lowest BCUT2D eigenvalue weighted by molar-refractivity contribution is 0.177. The third-order valence-electron chi connectivity index (χ3n) is 3.17. The predicted octanol–water partition coefficient (Wildman–Crippen LogP) is 3.20. The van der Waals surface area contributed by atoms with E-state index >= 15 is 0 Å². The van der Waals surface area contributed by atoms with Gasteiger partial charge in [-0.3, -0.25) is 0 Å². The number of hydrogen-bond acceptors (Lipinski definition) is 1. The van der Waals surface area contributed by atoms with Crippen LogP contribution in [0.4, 0.5) is 0 Å². The number of rotatable bonds is 7. The lowest BCUT2D eigenvalue weighted by Gasteiger charge is -2.35. The molecule has 0 unspecified atom stereocenters. The molecule has 0 aromatic heterocycles. The summed E-state index contributed by atoms with van der Waals surface area (Å²) in [6.07, 6.45) is 8.48. The molecule has 1 fully saturated rings. The molecule has 0 amide bonds. The van der Waals surface area contributed by atoms with Crippen LogP contribution in [0.1, 0.15) is 52.4 Å². The summed E-state index contributed by atoms with van der Waals surface area (Å²) in [4.78, 5) is 0. The fourth-order valence-corrected chi connectivity index (χ4v) is 2.29. The summed E-state index contributed by atoms with van der Waals surface area (Å²) in [5, 5.41) is 3.55. The number of hydrogen-bond donors (Lipinski definition) is 1. The summed E-state index contributed by atoms with van der Waals surface area (Å²) >= 11 is 0. The van der Waals surface area contributed by atoms with Crippen LogP contribution in [-0.4, -0.2) is 13.1 Å². The van der Waals surface area contributed by atoms with Gasteiger partial charge in [-0.15, -0.1) is 0 Å². The Labute approximate surface area is 83.3 Å². The summed E-state index contributed by atoms with van der Waals surface area (Å²) in [5.74, 6) is 2.08. The van der Waals surface area contributed by atoms with Crippen molar-refractivity contribution in [2.45, 2.75) is 52.4 Å². The molecule has 1 saturated carbocycles. The molecular formula is C12H25N. The fraction of sp³-hybridized carbons (Fsp3) is 1.00. The van der Waals surface area contributed by atoms with Crippen molar-refractivity contribution in [2.75, 3.05) is 13.1 Å². The minimum absolute atomic E-state index is 1.01. The zero-order chi connectivity index (χ0) is 9.52. The maximum absolute atomic E-state index is 3.55. The van der Waals surface area contributed by atoms with Crippen LogP contribution in [0.3, 0.4) is 0 Å². The molecule has 0 aromatic carbocycles. The molecule has 1 aliphatic carbocycles. The maximum Gasteiger partial charge on any atom is -0.00203 e. The van der Waals surface area contributed by atoms with E-state index in [1.165, 1.54) is 51.6 Å². The van der Waals surface area contributed by atoms with Gasteiger partial charge < -0.3 is 5.32 Å². The van der Waals surface area contributed by atoms with Crippen molar-refractivity contribution < 1.29 is 0 Å². The first-order chi connectivity index (χ1) is 6.36. The van der Waals surface area contributed by atoms with Crippen molar-refractivity contribution in [2.24, 2.45) is 11.8 Å². The van der Waals surface area contributed by atoms with Gasteiger partial charge in [-0.05, 0) is 44.2 Å². The monoisotopic (exact) mass is 183 g/mol. The Morgan fingerprint density at radius 2 is 1.85 bits per heavy atom. The van der Waals surface area contributed by atoms with E-state index in [9.17, 15) is 0 Å². The molecular weight excluding hydrogens is 158 g/mol. The Morgan fingerprint density at radius 1 is 1.08 bits per heavy atom. The van der Waals surface area contributed by atoms with Crippen molar-refractivity contribution in [1.29, 1.82) is 0 Å². The third-order valence-corrected chi connectivity index (χ3v) is 3.17. The molecule has 1 rings (SSSR count). The second-order valence-corrected chi connectivity index (χ2v) is 4.55. The van der Waals surface area contributed by atoms with Crippen LogP contribution >= 0.6 is 0 Å². The van der Waals surface area contributed by atoms with E-state index in [0.29, 0.717) is 0 Å². The van der Waals surface area contributed by atoms with Crippen molar-refractivity contribution in [1.82, 2.24) is 5.32 Å². The number of unbranched alkanes of at least 4 members (excludes halogenated alkanes) is 1. The molecule has 0 heterocycles. The Morgan fingerprint density at radius 3 is 2.46 bits per heavy atom. The molecule has 78 valence electrons. The molecule has 1 N–H and O–H groups in total. The highest BCUT2D eigenvalue weighted by Crippen LogP contribution is 2.36. The summed E-state index contributed by atoms with van der Waals surface area (Å²) in [6, 6.07) is 0. The van der Waals surface area contributed by atoms with E-state index in [4.69, 9.17) is 0 Å². The molecule has 0 bridgehead atoms. The van der Waals surface area contributed by atoms with E-state index in [0.717, 1.165) is 11.8 Å². The Balaban J connectivity index is 1.84. The zero-order valence-corrected chi connectivity index (χ0v) is 9.31. The van der Waals surface area contributed by atoms with Gasteiger partial charge >= 0.3 is 0 Å². The van der Waals surface area contributed by atoms with Crippen molar-refractivity contribution in [3.05, 3.63) is 0 Å². The van der Waals surface area contributed by atoms with E-state index in [-0.39, 0.29) is 0 Å². The maximum atomic E-state index is 3.55. The largest absolute Gasteiger partial charge is 0.316 e. The summed E-state index contributed by atoms with van der Waals surface area (Å²) in [5.41, 5.74) is 0. The fourth-order valence-electron chi connectivity index (χ4n) is 2.29.